The van der Waals surface area contributed by atoms with E-state index in [1.54, 1.807) is 0 Å². The van der Waals surface area contributed by atoms with Gasteiger partial charge in [0, 0.05) is 6.61 Å². The summed E-state index contributed by atoms with van der Waals surface area (Å²) in [5, 5.41) is 9.50. The van der Waals surface area contributed by atoms with E-state index >= 15 is 0 Å². The Kier molecular flexibility index (Phi) is 3.30. The average Bonchev–Trinajstić information content (AvgIpc) is 2.08. The lowest BCUT2D eigenvalue weighted by molar-refractivity contribution is -0.0246. The molecular formula is C13H26O. The van der Waals surface area contributed by atoms with Gasteiger partial charge in [-0.3, -0.25) is 0 Å². The van der Waals surface area contributed by atoms with Crippen LogP contribution in [0.3, 0.4) is 0 Å². The third-order valence-corrected chi connectivity index (χ3v) is 4.44. The number of aliphatic hydroxyl groups is 1. The largest absolute Gasteiger partial charge is 0.396 e. The van der Waals surface area contributed by atoms with Gasteiger partial charge in [0.15, 0.2) is 0 Å². The highest BCUT2D eigenvalue weighted by Gasteiger charge is 2.43. The van der Waals surface area contributed by atoms with E-state index in [1.165, 1.54) is 19.3 Å². The molecule has 1 heteroatoms. The fourth-order valence-electron chi connectivity index (χ4n) is 3.10. The van der Waals surface area contributed by atoms with E-state index in [9.17, 15) is 5.11 Å². The highest BCUT2D eigenvalue weighted by Crippen LogP contribution is 2.49. The molecule has 84 valence electrons. The minimum atomic E-state index is 0.163. The van der Waals surface area contributed by atoms with Gasteiger partial charge in [0.1, 0.15) is 0 Å². The summed E-state index contributed by atoms with van der Waals surface area (Å²) < 4.78 is 0. The van der Waals surface area contributed by atoms with Crippen LogP contribution >= 0.6 is 0 Å². The van der Waals surface area contributed by atoms with Crippen molar-refractivity contribution in [2.75, 3.05) is 6.61 Å². The molecule has 1 rings (SSSR count). The van der Waals surface area contributed by atoms with Crippen LogP contribution in [-0.2, 0) is 0 Å². The van der Waals surface area contributed by atoms with Gasteiger partial charge in [0.25, 0.3) is 0 Å². The Bertz CT molecular complexity index is 192. The fraction of sp³-hybridized carbons (Fsp3) is 1.00. The highest BCUT2D eigenvalue weighted by molar-refractivity contribution is 4.92. The summed E-state index contributed by atoms with van der Waals surface area (Å²) in [6.07, 6.45) is 3.81. The quantitative estimate of drug-likeness (QED) is 0.684. The topological polar surface area (TPSA) is 20.2 Å². The molecule has 3 atom stereocenters. The van der Waals surface area contributed by atoms with Gasteiger partial charge in [-0.2, -0.15) is 0 Å². The first-order valence-corrected chi connectivity index (χ1v) is 5.92. The molecule has 1 fully saturated rings. The number of hydrogen-bond acceptors (Lipinski definition) is 1. The van der Waals surface area contributed by atoms with E-state index in [2.05, 4.69) is 34.6 Å². The second-order valence-electron chi connectivity index (χ2n) is 6.47. The third kappa shape index (κ3) is 2.13. The first-order chi connectivity index (χ1) is 6.31. The van der Waals surface area contributed by atoms with Crippen molar-refractivity contribution in [3.8, 4) is 0 Å². The van der Waals surface area contributed by atoms with Crippen LogP contribution < -0.4 is 0 Å². The molecule has 0 amide bonds. The summed E-state index contributed by atoms with van der Waals surface area (Å²) in [4.78, 5) is 0. The molecular weight excluding hydrogens is 172 g/mol. The Morgan fingerprint density at radius 1 is 1.36 bits per heavy atom. The smallest absolute Gasteiger partial charge is 0.0487 e. The zero-order valence-corrected chi connectivity index (χ0v) is 10.4. The zero-order valence-electron chi connectivity index (χ0n) is 10.4. The highest BCUT2D eigenvalue weighted by atomic mass is 16.3. The van der Waals surface area contributed by atoms with Gasteiger partial charge in [-0.1, -0.05) is 41.0 Å². The van der Waals surface area contributed by atoms with Gasteiger partial charge in [-0.05, 0) is 35.5 Å². The van der Waals surface area contributed by atoms with Crippen LogP contribution in [-0.4, -0.2) is 11.7 Å². The minimum absolute atomic E-state index is 0.163. The van der Waals surface area contributed by atoms with Crippen molar-refractivity contribution >= 4 is 0 Å². The Hall–Kier alpha value is -0.0400. The SMILES string of the molecule is CC1C(C(C)(C)C)CCCC1(C)CO. The molecule has 0 aromatic carbocycles. The molecule has 0 aromatic rings. The van der Waals surface area contributed by atoms with E-state index in [0.29, 0.717) is 17.9 Å². The van der Waals surface area contributed by atoms with Gasteiger partial charge in [-0.15, -0.1) is 0 Å². The van der Waals surface area contributed by atoms with Gasteiger partial charge < -0.3 is 5.11 Å². The van der Waals surface area contributed by atoms with Crippen molar-refractivity contribution in [2.45, 2.75) is 53.9 Å². The fourth-order valence-corrected chi connectivity index (χ4v) is 3.10. The summed E-state index contributed by atoms with van der Waals surface area (Å²) in [6.45, 7) is 11.9. The van der Waals surface area contributed by atoms with E-state index < -0.39 is 0 Å². The number of rotatable bonds is 1. The molecule has 0 heterocycles. The molecule has 1 nitrogen and oxygen atoms in total. The monoisotopic (exact) mass is 198 g/mol. The molecule has 0 aliphatic heterocycles. The molecule has 0 radical (unpaired) electrons. The molecule has 1 N–H and O–H groups in total. The molecule has 3 unspecified atom stereocenters. The predicted octanol–water partition coefficient (Wildman–Crippen LogP) is 3.47. The van der Waals surface area contributed by atoms with Crippen LogP contribution in [0.2, 0.25) is 0 Å². The Labute approximate surface area is 88.9 Å². The van der Waals surface area contributed by atoms with Crippen molar-refractivity contribution in [1.29, 1.82) is 0 Å². The van der Waals surface area contributed by atoms with Crippen LogP contribution in [0.4, 0.5) is 0 Å². The van der Waals surface area contributed by atoms with Gasteiger partial charge in [0.2, 0.25) is 0 Å². The maximum atomic E-state index is 9.50. The summed E-state index contributed by atoms with van der Waals surface area (Å²) in [7, 11) is 0. The van der Waals surface area contributed by atoms with E-state index in [4.69, 9.17) is 0 Å². The van der Waals surface area contributed by atoms with Gasteiger partial charge >= 0.3 is 0 Å². The zero-order chi connectivity index (χ0) is 11.0. The van der Waals surface area contributed by atoms with Crippen LogP contribution in [0.1, 0.15) is 53.9 Å². The normalized spacial score (nSPS) is 39.9. The lowest BCUT2D eigenvalue weighted by atomic mass is 9.57. The molecule has 1 saturated carbocycles. The maximum Gasteiger partial charge on any atom is 0.0487 e. The Morgan fingerprint density at radius 3 is 2.36 bits per heavy atom. The number of hydrogen-bond donors (Lipinski definition) is 1. The van der Waals surface area contributed by atoms with Crippen molar-refractivity contribution in [3.05, 3.63) is 0 Å². The molecule has 0 aromatic heterocycles. The summed E-state index contributed by atoms with van der Waals surface area (Å²) in [5.74, 6) is 1.40. The summed E-state index contributed by atoms with van der Waals surface area (Å²) in [5.41, 5.74) is 0.548. The molecule has 14 heavy (non-hydrogen) atoms. The van der Waals surface area contributed by atoms with Crippen molar-refractivity contribution in [2.24, 2.45) is 22.7 Å². The molecule has 0 bridgehead atoms. The van der Waals surface area contributed by atoms with Crippen molar-refractivity contribution < 1.29 is 5.11 Å². The lowest BCUT2D eigenvalue weighted by Crippen LogP contribution is -2.42. The maximum absolute atomic E-state index is 9.50. The van der Waals surface area contributed by atoms with Crippen LogP contribution in [0, 0.1) is 22.7 Å². The lowest BCUT2D eigenvalue weighted by Gasteiger charge is -2.48. The second-order valence-corrected chi connectivity index (χ2v) is 6.47. The third-order valence-electron chi connectivity index (χ3n) is 4.44. The van der Waals surface area contributed by atoms with Crippen LogP contribution in [0.5, 0.6) is 0 Å². The average molecular weight is 198 g/mol. The predicted molar refractivity (Wildman–Crippen MR) is 61.2 cm³/mol. The summed E-state index contributed by atoms with van der Waals surface area (Å²) in [6, 6.07) is 0. The standard InChI is InChI=1S/C13H26O/c1-10-11(12(2,3)4)7-6-8-13(10,5)9-14/h10-11,14H,6-9H2,1-5H3. The van der Waals surface area contributed by atoms with Gasteiger partial charge in [-0.25, -0.2) is 0 Å². The Morgan fingerprint density at radius 2 is 1.93 bits per heavy atom. The number of aliphatic hydroxyl groups excluding tert-OH is 1. The van der Waals surface area contributed by atoms with E-state index in [-0.39, 0.29) is 5.41 Å². The molecule has 0 saturated heterocycles. The molecule has 0 spiro atoms. The minimum Gasteiger partial charge on any atom is -0.396 e. The van der Waals surface area contributed by atoms with Crippen LogP contribution in [0.15, 0.2) is 0 Å². The van der Waals surface area contributed by atoms with Crippen molar-refractivity contribution in [1.82, 2.24) is 0 Å². The summed E-state index contributed by atoms with van der Waals surface area (Å²) >= 11 is 0. The first-order valence-electron chi connectivity index (χ1n) is 5.92. The van der Waals surface area contributed by atoms with E-state index in [1.807, 2.05) is 0 Å². The first kappa shape index (κ1) is 12.0. The van der Waals surface area contributed by atoms with Crippen LogP contribution in [0.25, 0.3) is 0 Å². The Balaban J connectivity index is 2.81. The van der Waals surface area contributed by atoms with Crippen molar-refractivity contribution in [3.63, 3.8) is 0 Å². The molecule has 1 aliphatic rings. The molecule has 1 aliphatic carbocycles. The van der Waals surface area contributed by atoms with Gasteiger partial charge in [0.05, 0.1) is 0 Å². The van der Waals surface area contributed by atoms with E-state index in [0.717, 1.165) is 5.92 Å². The second kappa shape index (κ2) is 3.84.